The van der Waals surface area contributed by atoms with Gasteiger partial charge in [-0.1, -0.05) is 35.0 Å². The first kappa shape index (κ1) is 24.0. The zero-order chi connectivity index (χ0) is 23.5. The summed E-state index contributed by atoms with van der Waals surface area (Å²) in [6.45, 7) is 4.81. The molecule has 4 rings (SSSR count). The number of hydrogen-bond donors (Lipinski definition) is 1. The van der Waals surface area contributed by atoms with E-state index in [1.54, 1.807) is 7.11 Å². The summed E-state index contributed by atoms with van der Waals surface area (Å²) in [4.78, 5) is 20.3. The van der Waals surface area contributed by atoms with Crippen LogP contribution in [0.25, 0.3) is 0 Å². The quantitative estimate of drug-likeness (QED) is 0.618. The Balaban J connectivity index is 1.56. The summed E-state index contributed by atoms with van der Waals surface area (Å²) >= 11 is 3.56. The number of carbonyl (C=O) groups excluding carboxylic acids is 1. The van der Waals surface area contributed by atoms with Crippen molar-refractivity contribution in [1.82, 2.24) is 14.7 Å². The molecule has 2 amide bonds. The molecular weight excluding hydrogens is 480 g/mol. The second kappa shape index (κ2) is 10.5. The predicted molar refractivity (Wildman–Crippen MR) is 137 cm³/mol. The highest BCUT2D eigenvalue weighted by Crippen LogP contribution is 2.44. The monoisotopic (exact) mass is 514 g/mol. The van der Waals surface area contributed by atoms with Crippen LogP contribution in [0.3, 0.4) is 0 Å². The van der Waals surface area contributed by atoms with Crippen LogP contribution in [0.2, 0.25) is 0 Å². The molecule has 0 aromatic heterocycles. The zero-order valence-electron chi connectivity index (χ0n) is 20.0. The first-order valence-electron chi connectivity index (χ1n) is 11.8. The van der Waals surface area contributed by atoms with Crippen molar-refractivity contribution in [3.8, 4) is 5.75 Å². The van der Waals surface area contributed by atoms with Gasteiger partial charge in [0.05, 0.1) is 7.11 Å². The lowest BCUT2D eigenvalue weighted by Gasteiger charge is -2.58. The fourth-order valence-corrected chi connectivity index (χ4v) is 5.65. The van der Waals surface area contributed by atoms with Crippen molar-refractivity contribution in [3.05, 3.63) is 58.6 Å². The van der Waals surface area contributed by atoms with Crippen molar-refractivity contribution in [2.24, 2.45) is 0 Å². The molecule has 178 valence electrons. The summed E-state index contributed by atoms with van der Waals surface area (Å²) in [5.74, 6) is 1.22. The largest absolute Gasteiger partial charge is 0.497 e. The number of nitrogens with one attached hydrogen (secondary N) is 1. The highest BCUT2D eigenvalue weighted by atomic mass is 79.9. The molecule has 2 heterocycles. The molecule has 7 heteroatoms. The third-order valence-corrected chi connectivity index (χ3v) is 7.80. The van der Waals surface area contributed by atoms with Crippen molar-refractivity contribution in [1.29, 1.82) is 0 Å². The minimum Gasteiger partial charge on any atom is -0.497 e. The fraction of sp³-hybridized carbons (Fsp3) is 0.500. The van der Waals surface area contributed by atoms with Gasteiger partial charge >= 0.3 is 6.03 Å². The molecule has 2 aliphatic heterocycles. The Bertz CT molecular complexity index is 934. The SMILES string of the molecule is CC[C@@H]1[C@H](c2ccc(Br)cc2)[C@@H]2CN(C(=O)Nc3ccc(OC)cc3)C[C@@H](N(C)C)CCN12. The maximum atomic E-state index is 13.4. The summed E-state index contributed by atoms with van der Waals surface area (Å²) in [5.41, 5.74) is 2.15. The molecule has 0 saturated carbocycles. The topological polar surface area (TPSA) is 48.1 Å². The Morgan fingerprint density at radius 1 is 1.12 bits per heavy atom. The molecule has 0 spiro atoms. The molecule has 6 nitrogen and oxygen atoms in total. The van der Waals surface area contributed by atoms with Crippen LogP contribution in [0.15, 0.2) is 53.0 Å². The van der Waals surface area contributed by atoms with Crippen LogP contribution in [-0.2, 0) is 0 Å². The van der Waals surface area contributed by atoms with Crippen LogP contribution in [0.1, 0.15) is 31.2 Å². The summed E-state index contributed by atoms with van der Waals surface area (Å²) in [6.07, 6.45) is 2.17. The second-order valence-corrected chi connectivity index (χ2v) is 10.2. The van der Waals surface area contributed by atoms with Crippen molar-refractivity contribution in [2.45, 2.75) is 43.8 Å². The number of amides is 2. The molecule has 0 aliphatic carbocycles. The number of halogens is 1. The Kier molecular flexibility index (Phi) is 7.62. The van der Waals surface area contributed by atoms with Gasteiger partial charge in [0.15, 0.2) is 0 Å². The first-order chi connectivity index (χ1) is 15.9. The van der Waals surface area contributed by atoms with Crippen LogP contribution >= 0.6 is 15.9 Å². The minimum atomic E-state index is -0.0385. The van der Waals surface area contributed by atoms with E-state index in [-0.39, 0.29) is 6.03 Å². The van der Waals surface area contributed by atoms with E-state index in [2.05, 4.69) is 76.3 Å². The lowest BCUT2D eigenvalue weighted by molar-refractivity contribution is -0.0457. The van der Waals surface area contributed by atoms with Crippen molar-refractivity contribution < 1.29 is 9.53 Å². The number of likely N-dealkylation sites (N-methyl/N-ethyl adjacent to an activating group) is 1. The van der Waals surface area contributed by atoms with E-state index in [0.717, 1.165) is 48.4 Å². The zero-order valence-corrected chi connectivity index (χ0v) is 21.6. The normalized spacial score (nSPS) is 25.6. The molecule has 0 bridgehead atoms. The Hall–Kier alpha value is -2.09. The number of hydrogen-bond acceptors (Lipinski definition) is 4. The first-order valence-corrected chi connectivity index (χ1v) is 12.6. The lowest BCUT2D eigenvalue weighted by atomic mass is 9.73. The Morgan fingerprint density at radius 2 is 1.82 bits per heavy atom. The number of carbonyl (C=O) groups is 1. The van der Waals surface area contributed by atoms with Gasteiger partial charge in [-0.2, -0.15) is 0 Å². The van der Waals surface area contributed by atoms with Gasteiger partial charge in [0.2, 0.25) is 0 Å². The molecule has 2 saturated heterocycles. The summed E-state index contributed by atoms with van der Waals surface area (Å²) < 4.78 is 6.34. The molecule has 2 aromatic carbocycles. The van der Waals surface area contributed by atoms with Crippen LogP contribution in [0, 0.1) is 0 Å². The summed E-state index contributed by atoms with van der Waals surface area (Å²) in [7, 11) is 5.87. The number of methoxy groups -OCH3 is 1. The molecule has 1 N–H and O–H groups in total. The fourth-order valence-electron chi connectivity index (χ4n) is 5.39. The average molecular weight is 515 g/mol. The highest BCUT2D eigenvalue weighted by Gasteiger charge is 2.49. The van der Waals surface area contributed by atoms with E-state index in [0.29, 0.717) is 24.0 Å². The number of benzene rings is 2. The van der Waals surface area contributed by atoms with Gasteiger partial charge in [-0.15, -0.1) is 0 Å². The van der Waals surface area contributed by atoms with Crippen LogP contribution in [-0.4, -0.2) is 79.7 Å². The number of rotatable bonds is 5. The molecule has 0 radical (unpaired) electrons. The van der Waals surface area contributed by atoms with Crippen molar-refractivity contribution >= 4 is 27.6 Å². The number of nitrogens with zero attached hydrogens (tertiary/aromatic N) is 3. The van der Waals surface area contributed by atoms with E-state index in [1.807, 2.05) is 29.2 Å². The molecule has 2 aromatic rings. The molecule has 2 fully saturated rings. The molecule has 4 atom stereocenters. The highest BCUT2D eigenvalue weighted by molar-refractivity contribution is 9.10. The smallest absolute Gasteiger partial charge is 0.321 e. The number of urea groups is 1. The van der Waals surface area contributed by atoms with Gasteiger partial charge in [0.1, 0.15) is 5.75 Å². The molecule has 33 heavy (non-hydrogen) atoms. The van der Waals surface area contributed by atoms with Crippen LogP contribution < -0.4 is 10.1 Å². The van der Waals surface area contributed by atoms with E-state index >= 15 is 0 Å². The van der Waals surface area contributed by atoms with Crippen LogP contribution in [0.5, 0.6) is 5.75 Å². The van der Waals surface area contributed by atoms with E-state index in [9.17, 15) is 4.79 Å². The Labute approximate surface area is 206 Å². The standard InChI is InChI=1S/C26H35BrN4O2/c1-5-23-25(18-6-8-19(27)9-7-18)24-17-30(16-21(29(2)3)14-15-31(23)24)26(32)28-20-10-12-22(33-4)13-11-20/h6-13,21,23-25H,5,14-17H2,1-4H3,(H,28,32)/t21-,23+,24-,25-/m0/s1. The third-order valence-electron chi connectivity index (χ3n) is 7.27. The number of ether oxygens (including phenoxy) is 1. The van der Waals surface area contributed by atoms with Gasteiger partial charge in [-0.05, 0) is 68.9 Å². The van der Waals surface area contributed by atoms with E-state index in [1.165, 1.54) is 5.56 Å². The summed E-state index contributed by atoms with van der Waals surface area (Å²) in [6, 6.07) is 17.4. The van der Waals surface area contributed by atoms with E-state index < -0.39 is 0 Å². The second-order valence-electron chi connectivity index (χ2n) is 9.33. The average Bonchev–Trinajstić information content (AvgIpc) is 2.79. The molecule has 0 unspecified atom stereocenters. The maximum absolute atomic E-state index is 13.4. The number of fused-ring (bicyclic) bond motifs is 1. The van der Waals surface area contributed by atoms with Crippen LogP contribution in [0.4, 0.5) is 10.5 Å². The number of anilines is 1. The Morgan fingerprint density at radius 3 is 2.42 bits per heavy atom. The summed E-state index contributed by atoms with van der Waals surface area (Å²) in [5, 5.41) is 3.11. The van der Waals surface area contributed by atoms with Crippen molar-refractivity contribution in [3.63, 3.8) is 0 Å². The predicted octanol–water partition coefficient (Wildman–Crippen LogP) is 4.87. The van der Waals surface area contributed by atoms with Gasteiger partial charge < -0.3 is 19.9 Å². The molecule has 2 aliphatic rings. The van der Waals surface area contributed by atoms with Gasteiger partial charge in [0.25, 0.3) is 0 Å². The van der Waals surface area contributed by atoms with Gasteiger partial charge in [0, 0.05) is 53.8 Å². The third kappa shape index (κ3) is 5.20. The maximum Gasteiger partial charge on any atom is 0.321 e. The van der Waals surface area contributed by atoms with Gasteiger partial charge in [-0.3, -0.25) is 4.90 Å². The minimum absolute atomic E-state index is 0.0385. The van der Waals surface area contributed by atoms with Crippen molar-refractivity contribution in [2.75, 3.05) is 46.2 Å². The lowest BCUT2D eigenvalue weighted by Crippen LogP contribution is -2.68. The van der Waals surface area contributed by atoms with E-state index in [4.69, 9.17) is 4.74 Å². The van der Waals surface area contributed by atoms with Gasteiger partial charge in [-0.25, -0.2) is 4.79 Å². The molecular formula is C26H35BrN4O2.